The molecule has 0 spiro atoms. The zero-order valence-electron chi connectivity index (χ0n) is 16.1. The van der Waals surface area contributed by atoms with Gasteiger partial charge in [-0.1, -0.05) is 24.3 Å². The summed E-state index contributed by atoms with van der Waals surface area (Å²) in [5.74, 6) is 0.919. The first-order valence-electron chi connectivity index (χ1n) is 9.37. The molecule has 27 heavy (non-hydrogen) atoms. The molecule has 4 aromatic rings. The van der Waals surface area contributed by atoms with Crippen molar-refractivity contribution >= 4 is 16.7 Å². The number of pyridine rings is 1. The summed E-state index contributed by atoms with van der Waals surface area (Å²) in [6.07, 6.45) is 3.20. The summed E-state index contributed by atoms with van der Waals surface area (Å²) in [5, 5.41) is 0. The molecule has 0 aliphatic carbocycles. The molecule has 0 fully saturated rings. The lowest BCUT2D eigenvalue weighted by Crippen LogP contribution is -2.15. The SMILES string of the molecule is Cc1cccc2nc3ccc(-c4ccc(OCCCN(C)C)cc4)cn3c12. The molecule has 0 bridgehead atoms. The van der Waals surface area contributed by atoms with Crippen LogP contribution in [0.4, 0.5) is 0 Å². The Morgan fingerprint density at radius 1 is 0.963 bits per heavy atom. The van der Waals surface area contributed by atoms with Crippen LogP contribution in [0.25, 0.3) is 27.8 Å². The first-order valence-corrected chi connectivity index (χ1v) is 9.37. The van der Waals surface area contributed by atoms with Crippen LogP contribution >= 0.6 is 0 Å². The second-order valence-electron chi connectivity index (χ2n) is 7.23. The third-order valence-electron chi connectivity index (χ3n) is 4.83. The lowest BCUT2D eigenvalue weighted by Gasteiger charge is -2.11. The Morgan fingerprint density at radius 2 is 1.74 bits per heavy atom. The minimum absolute atomic E-state index is 0.740. The fourth-order valence-electron chi connectivity index (χ4n) is 3.42. The van der Waals surface area contributed by atoms with Gasteiger partial charge in [0, 0.05) is 12.7 Å². The Balaban J connectivity index is 1.58. The predicted molar refractivity (Wildman–Crippen MR) is 112 cm³/mol. The molecule has 138 valence electrons. The van der Waals surface area contributed by atoms with Gasteiger partial charge in [0.15, 0.2) is 0 Å². The van der Waals surface area contributed by atoms with E-state index in [2.05, 4.69) is 79.0 Å². The fourth-order valence-corrected chi connectivity index (χ4v) is 3.42. The molecule has 4 heteroatoms. The van der Waals surface area contributed by atoms with Gasteiger partial charge in [-0.2, -0.15) is 0 Å². The molecule has 0 aliphatic heterocycles. The van der Waals surface area contributed by atoms with Gasteiger partial charge in [0.05, 0.1) is 17.6 Å². The summed E-state index contributed by atoms with van der Waals surface area (Å²) in [5.41, 5.74) is 6.77. The maximum atomic E-state index is 5.84. The molecule has 4 nitrogen and oxygen atoms in total. The topological polar surface area (TPSA) is 29.8 Å². The van der Waals surface area contributed by atoms with Crippen molar-refractivity contribution in [3.05, 3.63) is 66.4 Å². The number of rotatable bonds is 6. The number of benzene rings is 2. The van der Waals surface area contributed by atoms with Crippen molar-refractivity contribution in [1.29, 1.82) is 0 Å². The maximum Gasteiger partial charge on any atom is 0.137 e. The summed E-state index contributed by atoms with van der Waals surface area (Å²) >= 11 is 0. The number of aromatic nitrogens is 2. The zero-order valence-corrected chi connectivity index (χ0v) is 16.1. The third-order valence-corrected chi connectivity index (χ3v) is 4.83. The maximum absolute atomic E-state index is 5.84. The van der Waals surface area contributed by atoms with Crippen molar-refractivity contribution in [3.63, 3.8) is 0 Å². The summed E-state index contributed by atoms with van der Waals surface area (Å²) in [6, 6.07) is 18.8. The summed E-state index contributed by atoms with van der Waals surface area (Å²) in [4.78, 5) is 6.89. The lowest BCUT2D eigenvalue weighted by molar-refractivity contribution is 0.281. The molecular formula is C23H25N3O. The number of hydrogen-bond donors (Lipinski definition) is 0. The van der Waals surface area contributed by atoms with E-state index < -0.39 is 0 Å². The van der Waals surface area contributed by atoms with Crippen molar-refractivity contribution in [2.45, 2.75) is 13.3 Å². The molecule has 0 N–H and O–H groups in total. The first-order chi connectivity index (χ1) is 13.1. The monoisotopic (exact) mass is 359 g/mol. The van der Waals surface area contributed by atoms with Gasteiger partial charge in [0.25, 0.3) is 0 Å². The van der Waals surface area contributed by atoms with Gasteiger partial charge in [0.2, 0.25) is 0 Å². The van der Waals surface area contributed by atoms with Crippen molar-refractivity contribution in [1.82, 2.24) is 14.3 Å². The van der Waals surface area contributed by atoms with Gasteiger partial charge in [-0.15, -0.1) is 0 Å². The fraction of sp³-hybridized carbons (Fsp3) is 0.261. The predicted octanol–water partition coefficient (Wildman–Crippen LogP) is 4.79. The van der Waals surface area contributed by atoms with Gasteiger partial charge in [-0.25, -0.2) is 4.98 Å². The number of ether oxygens (including phenoxy) is 1. The van der Waals surface area contributed by atoms with Crippen LogP contribution in [0.5, 0.6) is 5.75 Å². The molecule has 0 amide bonds. The van der Waals surface area contributed by atoms with E-state index in [9.17, 15) is 0 Å². The first kappa shape index (κ1) is 17.6. The van der Waals surface area contributed by atoms with Crippen LogP contribution < -0.4 is 4.74 Å². The number of hydrogen-bond acceptors (Lipinski definition) is 3. The second-order valence-corrected chi connectivity index (χ2v) is 7.23. The smallest absolute Gasteiger partial charge is 0.137 e. The van der Waals surface area contributed by atoms with Gasteiger partial charge >= 0.3 is 0 Å². The third kappa shape index (κ3) is 3.67. The van der Waals surface area contributed by atoms with E-state index >= 15 is 0 Å². The number of imidazole rings is 1. The molecule has 0 saturated heterocycles. The molecule has 0 saturated carbocycles. The minimum atomic E-state index is 0.740. The van der Waals surface area contributed by atoms with Crippen LogP contribution in [0.3, 0.4) is 0 Å². The van der Waals surface area contributed by atoms with Crippen LogP contribution in [0.1, 0.15) is 12.0 Å². The molecule has 0 unspecified atom stereocenters. The minimum Gasteiger partial charge on any atom is -0.494 e. The average Bonchev–Trinajstić information content (AvgIpc) is 3.04. The van der Waals surface area contributed by atoms with Crippen LogP contribution in [0, 0.1) is 6.92 Å². The van der Waals surface area contributed by atoms with Gasteiger partial charge in [0.1, 0.15) is 11.4 Å². The summed E-state index contributed by atoms with van der Waals surface area (Å²) in [6.45, 7) is 3.91. The standard InChI is InChI=1S/C23H25N3O/c1-17-6-4-7-21-23(17)26-16-19(10-13-22(26)24-21)18-8-11-20(12-9-18)27-15-5-14-25(2)3/h4,6-13,16H,5,14-15H2,1-3H3. The molecule has 0 atom stereocenters. The van der Waals surface area contributed by atoms with E-state index in [4.69, 9.17) is 9.72 Å². The Kier molecular flexibility index (Phi) is 4.82. The Morgan fingerprint density at radius 3 is 2.52 bits per heavy atom. The van der Waals surface area contributed by atoms with Crippen LogP contribution in [0.2, 0.25) is 0 Å². The van der Waals surface area contributed by atoms with E-state index in [1.54, 1.807) is 0 Å². The highest BCUT2D eigenvalue weighted by molar-refractivity contribution is 5.84. The van der Waals surface area contributed by atoms with Crippen LogP contribution in [-0.4, -0.2) is 41.5 Å². The van der Waals surface area contributed by atoms with Gasteiger partial charge in [-0.3, -0.25) is 4.40 Å². The van der Waals surface area contributed by atoms with Crippen molar-refractivity contribution < 1.29 is 4.74 Å². The second kappa shape index (κ2) is 7.41. The number of nitrogens with zero attached hydrogens (tertiary/aromatic N) is 3. The van der Waals surface area contributed by atoms with Crippen molar-refractivity contribution in [2.24, 2.45) is 0 Å². The zero-order chi connectivity index (χ0) is 18.8. The van der Waals surface area contributed by atoms with E-state index in [-0.39, 0.29) is 0 Å². The Bertz CT molecular complexity index is 1060. The lowest BCUT2D eigenvalue weighted by atomic mass is 10.1. The van der Waals surface area contributed by atoms with E-state index in [0.717, 1.165) is 36.5 Å². The summed E-state index contributed by atoms with van der Waals surface area (Å²) in [7, 11) is 4.16. The van der Waals surface area contributed by atoms with E-state index in [1.165, 1.54) is 22.2 Å². The van der Waals surface area contributed by atoms with E-state index in [1.807, 2.05) is 12.1 Å². The number of para-hydroxylation sites is 1. The molecule has 2 aromatic carbocycles. The highest BCUT2D eigenvalue weighted by atomic mass is 16.5. The molecule has 4 rings (SSSR count). The average molecular weight is 359 g/mol. The normalized spacial score (nSPS) is 11.6. The number of aryl methyl sites for hydroxylation is 1. The Hall–Kier alpha value is -2.85. The number of fused-ring (bicyclic) bond motifs is 3. The molecule has 0 aliphatic rings. The van der Waals surface area contributed by atoms with Gasteiger partial charge < -0.3 is 9.64 Å². The quantitative estimate of drug-likeness (QED) is 0.464. The molecule has 0 radical (unpaired) electrons. The molecular weight excluding hydrogens is 334 g/mol. The van der Waals surface area contributed by atoms with Crippen molar-refractivity contribution in [2.75, 3.05) is 27.2 Å². The largest absolute Gasteiger partial charge is 0.494 e. The summed E-state index contributed by atoms with van der Waals surface area (Å²) < 4.78 is 8.02. The highest BCUT2D eigenvalue weighted by Gasteiger charge is 2.08. The Labute approximate surface area is 160 Å². The van der Waals surface area contributed by atoms with Crippen LogP contribution in [-0.2, 0) is 0 Å². The van der Waals surface area contributed by atoms with Crippen LogP contribution in [0.15, 0.2) is 60.8 Å². The molecule has 2 heterocycles. The highest BCUT2D eigenvalue weighted by Crippen LogP contribution is 2.26. The van der Waals surface area contributed by atoms with E-state index in [0.29, 0.717) is 0 Å². The van der Waals surface area contributed by atoms with Crippen molar-refractivity contribution in [3.8, 4) is 16.9 Å². The molecule has 2 aromatic heterocycles. The van der Waals surface area contributed by atoms with Gasteiger partial charge in [-0.05, 0) is 74.5 Å².